The van der Waals surface area contributed by atoms with Crippen LogP contribution >= 0.6 is 15.9 Å². The van der Waals surface area contributed by atoms with Crippen molar-refractivity contribution in [2.45, 2.75) is 58.7 Å². The fraction of sp³-hybridized carbons (Fsp3) is 0.692. The topological polar surface area (TPSA) is 38.1 Å². The molecule has 2 rings (SSSR count). The highest BCUT2D eigenvalue weighted by atomic mass is 79.9. The molecule has 4 nitrogen and oxygen atoms in total. The van der Waals surface area contributed by atoms with E-state index in [1.165, 1.54) is 6.42 Å². The average molecular weight is 314 g/mol. The van der Waals surface area contributed by atoms with Crippen molar-refractivity contribution in [2.24, 2.45) is 0 Å². The second-order valence-electron chi connectivity index (χ2n) is 5.02. The van der Waals surface area contributed by atoms with Gasteiger partial charge in [-0.15, -0.1) is 0 Å². The van der Waals surface area contributed by atoms with Gasteiger partial charge < -0.3 is 4.90 Å². The maximum Gasteiger partial charge on any atom is 0.276 e. The van der Waals surface area contributed by atoms with Gasteiger partial charge in [0.25, 0.3) is 5.91 Å². The number of hydrogen-bond donors (Lipinski definition) is 0. The molecule has 0 N–H and O–H groups in total. The second-order valence-corrected chi connectivity index (χ2v) is 5.88. The molecule has 18 heavy (non-hydrogen) atoms. The zero-order valence-electron chi connectivity index (χ0n) is 11.2. The van der Waals surface area contributed by atoms with E-state index in [0.717, 1.165) is 23.9 Å². The summed E-state index contributed by atoms with van der Waals surface area (Å²) in [7, 11) is 0. The molecule has 1 amide bonds. The monoisotopic (exact) mass is 313 g/mol. The van der Waals surface area contributed by atoms with Crippen molar-refractivity contribution in [1.82, 2.24) is 14.7 Å². The van der Waals surface area contributed by atoms with Crippen LogP contribution in [0.5, 0.6) is 0 Å². The van der Waals surface area contributed by atoms with E-state index >= 15 is 0 Å². The van der Waals surface area contributed by atoms with Crippen LogP contribution in [0.15, 0.2) is 10.7 Å². The van der Waals surface area contributed by atoms with E-state index in [0.29, 0.717) is 17.8 Å². The number of halogens is 1. The maximum absolute atomic E-state index is 12.6. The van der Waals surface area contributed by atoms with Crippen LogP contribution in [0.25, 0.3) is 0 Å². The molecule has 1 aromatic heterocycles. The van der Waals surface area contributed by atoms with Gasteiger partial charge in [0.2, 0.25) is 0 Å². The van der Waals surface area contributed by atoms with Crippen molar-refractivity contribution in [3.8, 4) is 0 Å². The summed E-state index contributed by atoms with van der Waals surface area (Å²) in [6.07, 6.45) is 5.24. The van der Waals surface area contributed by atoms with Crippen LogP contribution < -0.4 is 0 Å². The van der Waals surface area contributed by atoms with Crippen molar-refractivity contribution in [1.29, 1.82) is 0 Å². The molecule has 5 heteroatoms. The standard InChI is InChI=1S/C13H20BrN3O/c1-4-16-8-11(14)12(15-16)13(18)17-9(2)6-5-7-10(17)3/h8-10H,4-7H2,1-3H3. The Morgan fingerprint density at radius 1 is 1.44 bits per heavy atom. The molecule has 2 unspecified atom stereocenters. The fourth-order valence-electron chi connectivity index (χ4n) is 2.65. The third-order valence-corrected chi connectivity index (χ3v) is 4.25. The number of likely N-dealkylation sites (tertiary alicyclic amines) is 1. The molecule has 0 saturated carbocycles. The zero-order chi connectivity index (χ0) is 13.3. The van der Waals surface area contributed by atoms with Crippen LogP contribution in [0.4, 0.5) is 0 Å². The SMILES string of the molecule is CCn1cc(Br)c(C(=O)N2C(C)CCCC2C)n1. The Kier molecular flexibility index (Phi) is 4.10. The quantitative estimate of drug-likeness (QED) is 0.841. The second kappa shape index (κ2) is 5.43. The minimum absolute atomic E-state index is 0.0498. The summed E-state index contributed by atoms with van der Waals surface area (Å²) in [6, 6.07) is 0.611. The van der Waals surface area contributed by atoms with Crippen LogP contribution in [0.2, 0.25) is 0 Å². The number of carbonyl (C=O) groups excluding carboxylic acids is 1. The number of piperidine rings is 1. The van der Waals surface area contributed by atoms with Crippen molar-refractivity contribution < 1.29 is 4.79 Å². The first-order valence-electron chi connectivity index (χ1n) is 6.60. The number of rotatable bonds is 2. The van der Waals surface area contributed by atoms with E-state index in [1.807, 2.05) is 18.0 Å². The lowest BCUT2D eigenvalue weighted by atomic mass is 9.97. The van der Waals surface area contributed by atoms with Crippen LogP contribution in [0.3, 0.4) is 0 Å². The molecule has 1 fully saturated rings. The summed E-state index contributed by atoms with van der Waals surface area (Å²) in [5.74, 6) is 0.0498. The predicted octanol–water partition coefficient (Wildman–Crippen LogP) is 3.07. The van der Waals surface area contributed by atoms with Crippen molar-refractivity contribution in [2.75, 3.05) is 0 Å². The molecule has 1 aliphatic rings. The Hall–Kier alpha value is -0.840. The number of aromatic nitrogens is 2. The summed E-state index contributed by atoms with van der Waals surface area (Å²) in [4.78, 5) is 14.6. The van der Waals surface area contributed by atoms with Gasteiger partial charge in [0.05, 0.1) is 4.47 Å². The number of nitrogens with zero attached hydrogens (tertiary/aromatic N) is 3. The Labute approximate surface area is 116 Å². The molecule has 2 heterocycles. The van der Waals surface area contributed by atoms with Gasteiger partial charge in [0.15, 0.2) is 5.69 Å². The van der Waals surface area contributed by atoms with Crippen LogP contribution in [-0.4, -0.2) is 32.7 Å². The van der Waals surface area contributed by atoms with Crippen molar-refractivity contribution >= 4 is 21.8 Å². The smallest absolute Gasteiger partial charge is 0.276 e. The highest BCUT2D eigenvalue weighted by molar-refractivity contribution is 9.10. The number of amides is 1. The van der Waals surface area contributed by atoms with Gasteiger partial charge in [-0.05, 0) is 56.0 Å². The van der Waals surface area contributed by atoms with Gasteiger partial charge in [-0.2, -0.15) is 5.10 Å². The summed E-state index contributed by atoms with van der Waals surface area (Å²) in [6.45, 7) is 7.04. The third-order valence-electron chi connectivity index (χ3n) is 3.67. The van der Waals surface area contributed by atoms with E-state index in [2.05, 4.69) is 34.9 Å². The van der Waals surface area contributed by atoms with Crippen molar-refractivity contribution in [3.63, 3.8) is 0 Å². The lowest BCUT2D eigenvalue weighted by Gasteiger charge is -2.38. The Morgan fingerprint density at radius 3 is 2.56 bits per heavy atom. The zero-order valence-corrected chi connectivity index (χ0v) is 12.8. The van der Waals surface area contributed by atoms with E-state index in [-0.39, 0.29) is 5.91 Å². The summed E-state index contributed by atoms with van der Waals surface area (Å²) < 4.78 is 2.58. The first-order valence-corrected chi connectivity index (χ1v) is 7.39. The molecule has 1 aliphatic heterocycles. The van der Waals surface area contributed by atoms with E-state index in [1.54, 1.807) is 4.68 Å². The van der Waals surface area contributed by atoms with E-state index in [4.69, 9.17) is 0 Å². The molecule has 0 aliphatic carbocycles. The average Bonchev–Trinajstić information content (AvgIpc) is 2.70. The first kappa shape index (κ1) is 13.6. The normalized spacial score (nSPS) is 24.3. The molecular weight excluding hydrogens is 294 g/mol. The Bertz CT molecular complexity index is 433. The molecular formula is C13H20BrN3O. The highest BCUT2D eigenvalue weighted by Crippen LogP contribution is 2.26. The highest BCUT2D eigenvalue weighted by Gasteiger charge is 2.31. The van der Waals surface area contributed by atoms with Gasteiger partial charge in [-0.1, -0.05) is 0 Å². The maximum atomic E-state index is 12.6. The first-order chi connectivity index (χ1) is 8.54. The van der Waals surface area contributed by atoms with Gasteiger partial charge in [0.1, 0.15) is 0 Å². The van der Waals surface area contributed by atoms with Gasteiger partial charge >= 0.3 is 0 Å². The molecule has 1 aromatic rings. The van der Waals surface area contributed by atoms with E-state index in [9.17, 15) is 4.79 Å². The minimum Gasteiger partial charge on any atom is -0.332 e. The predicted molar refractivity (Wildman–Crippen MR) is 74.5 cm³/mol. The number of carbonyl (C=O) groups is 1. The summed E-state index contributed by atoms with van der Waals surface area (Å²) >= 11 is 3.43. The van der Waals surface area contributed by atoms with Gasteiger partial charge in [-0.25, -0.2) is 0 Å². The van der Waals surface area contributed by atoms with Gasteiger partial charge in [-0.3, -0.25) is 9.48 Å². The fourth-order valence-corrected chi connectivity index (χ4v) is 3.13. The summed E-state index contributed by atoms with van der Waals surface area (Å²) in [5, 5.41) is 4.35. The largest absolute Gasteiger partial charge is 0.332 e. The molecule has 0 radical (unpaired) electrons. The van der Waals surface area contributed by atoms with Gasteiger partial charge in [0, 0.05) is 24.8 Å². The molecule has 1 saturated heterocycles. The Balaban J connectivity index is 2.26. The third kappa shape index (κ3) is 2.46. The number of aryl methyl sites for hydroxylation is 1. The molecule has 2 atom stereocenters. The summed E-state index contributed by atoms with van der Waals surface area (Å²) in [5.41, 5.74) is 0.539. The van der Waals surface area contributed by atoms with Crippen LogP contribution in [-0.2, 0) is 6.54 Å². The molecule has 0 aromatic carbocycles. The lowest BCUT2D eigenvalue weighted by molar-refractivity contribution is 0.0503. The minimum atomic E-state index is 0.0498. The van der Waals surface area contributed by atoms with E-state index < -0.39 is 0 Å². The number of hydrogen-bond acceptors (Lipinski definition) is 2. The molecule has 0 bridgehead atoms. The van der Waals surface area contributed by atoms with Crippen molar-refractivity contribution in [3.05, 3.63) is 16.4 Å². The Morgan fingerprint density at radius 2 is 2.06 bits per heavy atom. The molecule has 0 spiro atoms. The van der Waals surface area contributed by atoms with Crippen LogP contribution in [0.1, 0.15) is 50.5 Å². The molecule has 100 valence electrons. The van der Waals surface area contributed by atoms with Crippen LogP contribution in [0, 0.1) is 0 Å². The lowest BCUT2D eigenvalue weighted by Crippen LogP contribution is -2.47.